The van der Waals surface area contributed by atoms with E-state index in [1.807, 2.05) is 44.2 Å². The van der Waals surface area contributed by atoms with Crippen LogP contribution in [0.5, 0.6) is 5.75 Å². The van der Waals surface area contributed by atoms with Crippen LogP contribution in [0.15, 0.2) is 79.5 Å². The van der Waals surface area contributed by atoms with Crippen LogP contribution in [0.25, 0.3) is 10.9 Å². The van der Waals surface area contributed by atoms with E-state index in [2.05, 4.69) is 37.0 Å². The SMILES string of the molecule is CC[C@@H](C)c1nc2ccc(Br)cc2c(=O)n1N=Cc1cc([N+](=O)[O-])ccc1OCc1ccc(Br)cc1. The van der Waals surface area contributed by atoms with Crippen molar-refractivity contribution in [1.29, 1.82) is 0 Å². The van der Waals surface area contributed by atoms with Crippen LogP contribution in [0.4, 0.5) is 5.69 Å². The molecular weight excluding hydrogens is 592 g/mol. The molecular formula is C26H22Br2N4O4. The molecule has 0 fully saturated rings. The Kier molecular flexibility index (Phi) is 7.95. The first-order valence-corrected chi connectivity index (χ1v) is 12.8. The Labute approximate surface area is 224 Å². The lowest BCUT2D eigenvalue weighted by Gasteiger charge is -2.14. The molecule has 4 rings (SSSR count). The molecule has 184 valence electrons. The number of aromatic nitrogens is 2. The van der Waals surface area contributed by atoms with Gasteiger partial charge in [-0.05, 0) is 48.4 Å². The minimum Gasteiger partial charge on any atom is -0.488 e. The Morgan fingerprint density at radius 2 is 1.83 bits per heavy atom. The lowest BCUT2D eigenvalue weighted by Crippen LogP contribution is -2.23. The zero-order valence-electron chi connectivity index (χ0n) is 19.5. The smallest absolute Gasteiger partial charge is 0.282 e. The van der Waals surface area contributed by atoms with Crippen LogP contribution in [-0.4, -0.2) is 20.8 Å². The van der Waals surface area contributed by atoms with Crippen LogP contribution in [0, 0.1) is 10.1 Å². The van der Waals surface area contributed by atoms with Gasteiger partial charge in [-0.25, -0.2) is 4.98 Å². The molecule has 3 aromatic carbocycles. The minimum absolute atomic E-state index is 0.0406. The molecule has 0 amide bonds. The number of nitro benzene ring substituents is 1. The van der Waals surface area contributed by atoms with Crippen molar-refractivity contribution in [3.05, 3.63) is 107 Å². The highest BCUT2D eigenvalue weighted by Gasteiger charge is 2.17. The first-order chi connectivity index (χ1) is 17.3. The Balaban J connectivity index is 1.78. The van der Waals surface area contributed by atoms with E-state index < -0.39 is 4.92 Å². The Morgan fingerprint density at radius 1 is 1.11 bits per heavy atom. The molecule has 1 atom stereocenters. The number of nitrogens with zero attached hydrogens (tertiary/aromatic N) is 4. The third-order valence-electron chi connectivity index (χ3n) is 5.71. The molecule has 0 N–H and O–H groups in total. The molecule has 0 aliphatic rings. The molecule has 0 aliphatic heterocycles. The highest BCUT2D eigenvalue weighted by molar-refractivity contribution is 9.10. The average Bonchev–Trinajstić information content (AvgIpc) is 2.87. The molecule has 0 saturated heterocycles. The molecule has 0 unspecified atom stereocenters. The van der Waals surface area contributed by atoms with Crippen LogP contribution in [0.3, 0.4) is 0 Å². The van der Waals surface area contributed by atoms with Gasteiger partial charge < -0.3 is 4.74 Å². The van der Waals surface area contributed by atoms with Gasteiger partial charge in [-0.3, -0.25) is 14.9 Å². The molecule has 10 heteroatoms. The molecule has 0 saturated carbocycles. The standard InChI is InChI=1S/C26H22Br2N4O4/c1-3-16(2)25-30-23-10-8-20(28)13-22(23)26(33)31(25)29-14-18-12-21(32(34)35)9-11-24(18)36-15-17-4-6-19(27)7-5-17/h4-14,16H,3,15H2,1-2H3/t16-/m1/s1. The van der Waals surface area contributed by atoms with E-state index in [-0.39, 0.29) is 23.8 Å². The van der Waals surface area contributed by atoms with E-state index in [9.17, 15) is 14.9 Å². The summed E-state index contributed by atoms with van der Waals surface area (Å²) < 4.78 is 8.93. The second-order valence-electron chi connectivity index (χ2n) is 8.20. The van der Waals surface area contributed by atoms with Crippen molar-refractivity contribution in [3.8, 4) is 5.75 Å². The van der Waals surface area contributed by atoms with Gasteiger partial charge in [-0.15, -0.1) is 0 Å². The van der Waals surface area contributed by atoms with Gasteiger partial charge in [0.05, 0.1) is 22.0 Å². The zero-order chi connectivity index (χ0) is 25.8. The van der Waals surface area contributed by atoms with Crippen LogP contribution in [0.2, 0.25) is 0 Å². The van der Waals surface area contributed by atoms with Crippen molar-refractivity contribution in [2.75, 3.05) is 0 Å². The van der Waals surface area contributed by atoms with Crippen molar-refractivity contribution in [2.24, 2.45) is 5.10 Å². The van der Waals surface area contributed by atoms with Gasteiger partial charge in [-0.1, -0.05) is 57.8 Å². The highest BCUT2D eigenvalue weighted by atomic mass is 79.9. The molecule has 0 aliphatic carbocycles. The van der Waals surface area contributed by atoms with Crippen molar-refractivity contribution in [1.82, 2.24) is 9.66 Å². The summed E-state index contributed by atoms with van der Waals surface area (Å²) in [5, 5.41) is 16.3. The maximum atomic E-state index is 13.4. The van der Waals surface area contributed by atoms with E-state index in [0.29, 0.717) is 28.0 Å². The Bertz CT molecular complexity index is 1520. The number of hydrogen-bond acceptors (Lipinski definition) is 6. The molecule has 0 bridgehead atoms. The van der Waals surface area contributed by atoms with Crippen molar-refractivity contribution >= 4 is 54.7 Å². The predicted molar refractivity (Wildman–Crippen MR) is 147 cm³/mol. The number of fused-ring (bicyclic) bond motifs is 1. The third kappa shape index (κ3) is 5.71. The van der Waals surface area contributed by atoms with Crippen molar-refractivity contribution in [2.45, 2.75) is 32.8 Å². The minimum atomic E-state index is -0.484. The summed E-state index contributed by atoms with van der Waals surface area (Å²) in [4.78, 5) is 29.0. The molecule has 0 radical (unpaired) electrons. The van der Waals surface area contributed by atoms with E-state index in [0.717, 1.165) is 20.9 Å². The lowest BCUT2D eigenvalue weighted by atomic mass is 10.1. The second-order valence-corrected chi connectivity index (χ2v) is 10.0. The number of rotatable bonds is 8. The van der Waals surface area contributed by atoms with E-state index in [1.165, 1.54) is 29.1 Å². The van der Waals surface area contributed by atoms with Crippen LogP contribution >= 0.6 is 31.9 Å². The number of benzene rings is 3. The van der Waals surface area contributed by atoms with Gasteiger partial charge in [0.2, 0.25) is 0 Å². The predicted octanol–water partition coefficient (Wildman–Crippen LogP) is 6.80. The van der Waals surface area contributed by atoms with E-state index in [4.69, 9.17) is 9.72 Å². The van der Waals surface area contributed by atoms with Gasteiger partial charge in [0.25, 0.3) is 11.2 Å². The maximum Gasteiger partial charge on any atom is 0.282 e. The Hall–Kier alpha value is -3.37. The number of nitro groups is 1. The largest absolute Gasteiger partial charge is 0.488 e. The lowest BCUT2D eigenvalue weighted by molar-refractivity contribution is -0.384. The molecule has 36 heavy (non-hydrogen) atoms. The van der Waals surface area contributed by atoms with Gasteiger partial charge >= 0.3 is 0 Å². The van der Waals surface area contributed by atoms with Gasteiger partial charge in [0.1, 0.15) is 18.2 Å². The third-order valence-corrected chi connectivity index (χ3v) is 6.73. The number of hydrogen-bond donors (Lipinski definition) is 0. The normalized spacial score (nSPS) is 12.2. The van der Waals surface area contributed by atoms with Gasteiger partial charge in [0, 0.05) is 32.6 Å². The van der Waals surface area contributed by atoms with Gasteiger partial charge in [-0.2, -0.15) is 9.78 Å². The summed E-state index contributed by atoms with van der Waals surface area (Å²) >= 11 is 6.81. The first-order valence-electron chi connectivity index (χ1n) is 11.2. The summed E-state index contributed by atoms with van der Waals surface area (Å²) in [6, 6.07) is 17.3. The molecule has 1 aromatic heterocycles. The quantitative estimate of drug-likeness (QED) is 0.124. The molecule has 1 heterocycles. The number of halogens is 2. The fourth-order valence-electron chi connectivity index (χ4n) is 3.52. The van der Waals surface area contributed by atoms with Crippen LogP contribution < -0.4 is 10.3 Å². The summed E-state index contributed by atoms with van der Waals surface area (Å²) in [5.74, 6) is 0.874. The summed E-state index contributed by atoms with van der Waals surface area (Å²) in [6.45, 7) is 4.24. The number of non-ortho nitro benzene ring substituents is 1. The van der Waals surface area contributed by atoms with Crippen LogP contribution in [0.1, 0.15) is 43.1 Å². The fraction of sp³-hybridized carbons (Fsp3) is 0.192. The zero-order valence-corrected chi connectivity index (χ0v) is 22.7. The highest BCUT2D eigenvalue weighted by Crippen LogP contribution is 2.25. The monoisotopic (exact) mass is 612 g/mol. The fourth-order valence-corrected chi connectivity index (χ4v) is 4.15. The van der Waals surface area contributed by atoms with Crippen molar-refractivity contribution in [3.63, 3.8) is 0 Å². The van der Waals surface area contributed by atoms with Crippen molar-refractivity contribution < 1.29 is 9.66 Å². The Morgan fingerprint density at radius 3 is 2.53 bits per heavy atom. The summed E-state index contributed by atoms with van der Waals surface area (Å²) in [5.41, 5.74) is 1.45. The topological polar surface area (TPSA) is 99.6 Å². The van der Waals surface area contributed by atoms with Gasteiger partial charge in [0.15, 0.2) is 0 Å². The van der Waals surface area contributed by atoms with Crippen LogP contribution in [-0.2, 0) is 6.61 Å². The van der Waals surface area contributed by atoms with E-state index >= 15 is 0 Å². The maximum absolute atomic E-state index is 13.4. The average molecular weight is 614 g/mol. The summed E-state index contributed by atoms with van der Waals surface area (Å²) in [6.07, 6.45) is 2.16. The summed E-state index contributed by atoms with van der Waals surface area (Å²) in [7, 11) is 0. The number of ether oxygens (including phenoxy) is 1. The molecule has 4 aromatic rings. The van der Waals surface area contributed by atoms with E-state index in [1.54, 1.807) is 12.1 Å². The molecule has 0 spiro atoms. The molecule has 8 nitrogen and oxygen atoms in total. The second kappa shape index (κ2) is 11.1. The first kappa shape index (κ1) is 25.7.